The lowest BCUT2D eigenvalue weighted by atomic mass is 10.6. The summed E-state index contributed by atoms with van der Waals surface area (Å²) in [5.74, 6) is 0.296. The van der Waals surface area contributed by atoms with Crippen LogP contribution in [0.4, 0.5) is 0 Å². The number of thioether (sulfide) groups is 1. The number of sulfonamides is 1. The maximum atomic E-state index is 11.1. The molecule has 0 unspecified atom stereocenters. The van der Waals surface area contributed by atoms with Gasteiger partial charge in [0.05, 0.1) is 5.75 Å². The van der Waals surface area contributed by atoms with Crippen LogP contribution in [0.2, 0.25) is 0 Å². The van der Waals surface area contributed by atoms with Crippen LogP contribution in [0.5, 0.6) is 0 Å². The molecule has 0 atom stereocenters. The highest BCUT2D eigenvalue weighted by Gasteiger charge is 2.10. The number of carbonyl (C=O) groups is 1. The molecular formula is C8H17NO3S2. The second-order valence-electron chi connectivity index (χ2n) is 3.25. The SMILES string of the molecule is CC(=O)NS(=O)(=O)CCCSC(C)C. The maximum Gasteiger partial charge on any atom is 0.234 e. The minimum atomic E-state index is -3.39. The number of rotatable bonds is 6. The van der Waals surface area contributed by atoms with Gasteiger partial charge in [0.1, 0.15) is 0 Å². The van der Waals surface area contributed by atoms with E-state index in [4.69, 9.17) is 0 Å². The maximum absolute atomic E-state index is 11.1. The Morgan fingerprint density at radius 3 is 2.43 bits per heavy atom. The van der Waals surface area contributed by atoms with Gasteiger partial charge in [0.15, 0.2) is 0 Å². The van der Waals surface area contributed by atoms with Crippen molar-refractivity contribution in [3.05, 3.63) is 0 Å². The lowest BCUT2D eigenvalue weighted by molar-refractivity contribution is -0.117. The first kappa shape index (κ1) is 13.8. The first-order valence-corrected chi connectivity index (χ1v) is 7.16. The van der Waals surface area contributed by atoms with Crippen LogP contribution in [0.3, 0.4) is 0 Å². The number of carbonyl (C=O) groups excluding carboxylic acids is 1. The molecule has 0 spiro atoms. The van der Waals surface area contributed by atoms with E-state index in [0.717, 1.165) is 5.75 Å². The van der Waals surface area contributed by atoms with E-state index in [2.05, 4.69) is 13.8 Å². The summed E-state index contributed by atoms with van der Waals surface area (Å²) >= 11 is 1.71. The summed E-state index contributed by atoms with van der Waals surface area (Å²) in [5.41, 5.74) is 0. The summed E-state index contributed by atoms with van der Waals surface area (Å²) in [4.78, 5) is 10.5. The van der Waals surface area contributed by atoms with Gasteiger partial charge in [-0.1, -0.05) is 13.8 Å². The van der Waals surface area contributed by atoms with Crippen molar-refractivity contribution >= 4 is 27.7 Å². The van der Waals surface area contributed by atoms with Gasteiger partial charge in [-0.3, -0.25) is 9.52 Å². The quantitative estimate of drug-likeness (QED) is 0.702. The molecule has 0 radical (unpaired) electrons. The molecule has 0 aliphatic heterocycles. The minimum absolute atomic E-state index is 0.0201. The summed E-state index contributed by atoms with van der Waals surface area (Å²) < 4.78 is 24.2. The lowest BCUT2D eigenvalue weighted by Crippen LogP contribution is -2.30. The monoisotopic (exact) mass is 239 g/mol. The van der Waals surface area contributed by atoms with Crippen molar-refractivity contribution in [2.24, 2.45) is 0 Å². The molecule has 0 aliphatic carbocycles. The second-order valence-corrected chi connectivity index (χ2v) is 6.78. The van der Waals surface area contributed by atoms with Gasteiger partial charge in [0.25, 0.3) is 0 Å². The molecule has 6 heteroatoms. The normalized spacial score (nSPS) is 11.7. The fraction of sp³-hybridized carbons (Fsp3) is 0.875. The van der Waals surface area contributed by atoms with Crippen molar-refractivity contribution in [2.45, 2.75) is 32.4 Å². The third-order valence-corrected chi connectivity index (χ3v) is 3.92. The Bertz CT molecular complexity index is 272. The fourth-order valence-corrected chi connectivity index (χ4v) is 2.87. The molecule has 0 aromatic carbocycles. The zero-order valence-corrected chi connectivity index (χ0v) is 10.4. The van der Waals surface area contributed by atoms with E-state index in [1.165, 1.54) is 6.92 Å². The number of hydrogen-bond donors (Lipinski definition) is 1. The van der Waals surface area contributed by atoms with E-state index in [0.29, 0.717) is 11.7 Å². The molecule has 1 N–H and O–H groups in total. The first-order valence-electron chi connectivity index (χ1n) is 4.46. The highest BCUT2D eigenvalue weighted by molar-refractivity contribution is 7.99. The van der Waals surface area contributed by atoms with Crippen LogP contribution < -0.4 is 4.72 Å². The molecule has 0 aliphatic rings. The summed E-state index contributed by atoms with van der Waals surface area (Å²) in [7, 11) is -3.39. The van der Waals surface area contributed by atoms with Crippen molar-refractivity contribution in [2.75, 3.05) is 11.5 Å². The zero-order valence-electron chi connectivity index (χ0n) is 8.74. The van der Waals surface area contributed by atoms with Gasteiger partial charge < -0.3 is 0 Å². The molecule has 4 nitrogen and oxygen atoms in total. The Morgan fingerprint density at radius 1 is 1.43 bits per heavy atom. The van der Waals surface area contributed by atoms with Gasteiger partial charge in [0.2, 0.25) is 15.9 Å². The first-order chi connectivity index (χ1) is 6.33. The van der Waals surface area contributed by atoms with Crippen LogP contribution in [0.1, 0.15) is 27.2 Å². The number of amides is 1. The van der Waals surface area contributed by atoms with E-state index in [-0.39, 0.29) is 5.75 Å². The van der Waals surface area contributed by atoms with Crippen LogP contribution in [0.25, 0.3) is 0 Å². The smallest absolute Gasteiger partial charge is 0.234 e. The van der Waals surface area contributed by atoms with Crippen molar-refractivity contribution in [3.63, 3.8) is 0 Å². The average molecular weight is 239 g/mol. The van der Waals surface area contributed by atoms with E-state index in [1.807, 2.05) is 4.72 Å². The lowest BCUT2D eigenvalue weighted by Gasteiger charge is -2.05. The Balaban J connectivity index is 3.72. The molecule has 0 saturated heterocycles. The van der Waals surface area contributed by atoms with E-state index in [1.54, 1.807) is 11.8 Å². The Morgan fingerprint density at radius 2 is 2.00 bits per heavy atom. The van der Waals surface area contributed by atoms with Crippen LogP contribution in [0.15, 0.2) is 0 Å². The molecule has 0 bridgehead atoms. The van der Waals surface area contributed by atoms with E-state index < -0.39 is 15.9 Å². The van der Waals surface area contributed by atoms with Crippen LogP contribution >= 0.6 is 11.8 Å². The van der Waals surface area contributed by atoms with Crippen molar-refractivity contribution in [3.8, 4) is 0 Å². The van der Waals surface area contributed by atoms with Gasteiger partial charge in [-0.25, -0.2) is 8.42 Å². The topological polar surface area (TPSA) is 63.2 Å². The van der Waals surface area contributed by atoms with E-state index >= 15 is 0 Å². The average Bonchev–Trinajstić information content (AvgIpc) is 1.95. The second kappa shape index (κ2) is 6.29. The predicted octanol–water partition coefficient (Wildman–Crippen LogP) is 0.984. The molecule has 0 saturated carbocycles. The standard InChI is InChI=1S/C8H17NO3S2/c1-7(2)13-5-4-6-14(11,12)9-8(3)10/h7H,4-6H2,1-3H3,(H,9,10). The van der Waals surface area contributed by atoms with Crippen LogP contribution in [0, 0.1) is 0 Å². The van der Waals surface area contributed by atoms with Gasteiger partial charge >= 0.3 is 0 Å². The highest BCUT2D eigenvalue weighted by atomic mass is 32.2. The van der Waals surface area contributed by atoms with E-state index in [9.17, 15) is 13.2 Å². The third-order valence-electron chi connectivity index (χ3n) is 1.31. The van der Waals surface area contributed by atoms with Gasteiger partial charge in [-0.05, 0) is 17.4 Å². The van der Waals surface area contributed by atoms with Crippen molar-refractivity contribution < 1.29 is 13.2 Å². The highest BCUT2D eigenvalue weighted by Crippen LogP contribution is 2.10. The number of nitrogens with one attached hydrogen (secondary N) is 1. The van der Waals surface area contributed by atoms with Gasteiger partial charge in [0, 0.05) is 6.92 Å². The summed E-state index contributed by atoms with van der Waals surface area (Å²) in [6.07, 6.45) is 0.575. The van der Waals surface area contributed by atoms with Gasteiger partial charge in [-0.15, -0.1) is 0 Å². The largest absolute Gasteiger partial charge is 0.274 e. The molecule has 84 valence electrons. The molecule has 0 aromatic rings. The third kappa shape index (κ3) is 8.37. The van der Waals surface area contributed by atoms with Crippen molar-refractivity contribution in [1.29, 1.82) is 0 Å². The molecular weight excluding hydrogens is 222 g/mol. The predicted molar refractivity (Wildman–Crippen MR) is 59.8 cm³/mol. The molecule has 1 amide bonds. The summed E-state index contributed by atoms with van der Waals surface area (Å²) in [5, 5.41) is 0.512. The Hall–Kier alpha value is -0.230. The molecule has 0 rings (SSSR count). The molecule has 0 aromatic heterocycles. The molecule has 0 fully saturated rings. The summed E-state index contributed by atoms with van der Waals surface area (Å²) in [6, 6.07) is 0. The van der Waals surface area contributed by atoms with Gasteiger partial charge in [-0.2, -0.15) is 11.8 Å². The Labute approximate surface area is 89.9 Å². The zero-order chi connectivity index (χ0) is 11.2. The number of hydrogen-bond acceptors (Lipinski definition) is 4. The van der Waals surface area contributed by atoms with Crippen LogP contribution in [-0.4, -0.2) is 31.1 Å². The van der Waals surface area contributed by atoms with Crippen LogP contribution in [-0.2, 0) is 14.8 Å². The minimum Gasteiger partial charge on any atom is -0.274 e. The Kier molecular flexibility index (Phi) is 6.19. The van der Waals surface area contributed by atoms with Crippen molar-refractivity contribution in [1.82, 2.24) is 4.72 Å². The molecule has 0 heterocycles. The fourth-order valence-electron chi connectivity index (χ4n) is 0.838. The molecule has 14 heavy (non-hydrogen) atoms. The summed E-state index contributed by atoms with van der Waals surface area (Å²) in [6.45, 7) is 5.32.